The van der Waals surface area contributed by atoms with E-state index in [1.165, 1.54) is 11.1 Å². The molecule has 0 aromatic heterocycles. The highest BCUT2D eigenvalue weighted by molar-refractivity contribution is 5.92. The Labute approximate surface area is 203 Å². The third-order valence-electron chi connectivity index (χ3n) is 6.92. The molecule has 0 aliphatic heterocycles. The van der Waals surface area contributed by atoms with Crippen molar-refractivity contribution in [2.45, 2.75) is 37.1 Å². The van der Waals surface area contributed by atoms with E-state index in [-0.39, 0.29) is 18.4 Å². The minimum Gasteiger partial charge on any atom is -0.480 e. The van der Waals surface area contributed by atoms with E-state index >= 15 is 0 Å². The summed E-state index contributed by atoms with van der Waals surface area (Å²) in [6.45, 7) is 1.95. The predicted octanol–water partition coefficient (Wildman–Crippen LogP) is 4.88. The van der Waals surface area contributed by atoms with Crippen LogP contribution in [0.2, 0.25) is 0 Å². The zero-order valence-electron chi connectivity index (χ0n) is 19.3. The SMILES string of the molecule is CC(C(=O)NC1(C(=O)O)CC1)c1ccc(NC(=O)OCC2c3ccccc3-c3ccccc32)cc1. The molecule has 5 rings (SSSR count). The lowest BCUT2D eigenvalue weighted by molar-refractivity contribution is -0.143. The Hall–Kier alpha value is -4.13. The van der Waals surface area contributed by atoms with E-state index in [0.717, 1.165) is 16.7 Å². The van der Waals surface area contributed by atoms with Crippen LogP contribution in [-0.4, -0.2) is 35.2 Å². The van der Waals surface area contributed by atoms with E-state index in [2.05, 4.69) is 34.9 Å². The van der Waals surface area contributed by atoms with Gasteiger partial charge < -0.3 is 15.2 Å². The molecule has 0 radical (unpaired) electrons. The Morgan fingerprint density at radius 1 is 0.943 bits per heavy atom. The van der Waals surface area contributed by atoms with E-state index in [1.807, 2.05) is 24.3 Å². The van der Waals surface area contributed by atoms with Crippen LogP contribution in [0.3, 0.4) is 0 Å². The zero-order valence-corrected chi connectivity index (χ0v) is 19.3. The Morgan fingerprint density at radius 3 is 2.06 bits per heavy atom. The number of anilines is 1. The molecule has 1 saturated carbocycles. The van der Waals surface area contributed by atoms with Gasteiger partial charge in [-0.05, 0) is 59.7 Å². The van der Waals surface area contributed by atoms with Gasteiger partial charge in [0.2, 0.25) is 5.91 Å². The first-order valence-electron chi connectivity index (χ1n) is 11.7. The van der Waals surface area contributed by atoms with Gasteiger partial charge in [0.1, 0.15) is 12.1 Å². The normalized spacial score (nSPS) is 15.9. The number of amides is 2. The van der Waals surface area contributed by atoms with Crippen LogP contribution in [0.4, 0.5) is 10.5 Å². The molecule has 0 spiro atoms. The summed E-state index contributed by atoms with van der Waals surface area (Å²) in [6, 6.07) is 23.2. The Balaban J connectivity index is 1.18. The van der Waals surface area contributed by atoms with Crippen molar-refractivity contribution in [2.24, 2.45) is 0 Å². The summed E-state index contributed by atoms with van der Waals surface area (Å²) in [5, 5.41) is 14.6. The van der Waals surface area contributed by atoms with Crippen LogP contribution >= 0.6 is 0 Å². The smallest absolute Gasteiger partial charge is 0.411 e. The number of fused-ring (bicyclic) bond motifs is 3. The van der Waals surface area contributed by atoms with Crippen molar-refractivity contribution in [3.05, 3.63) is 89.5 Å². The van der Waals surface area contributed by atoms with Crippen LogP contribution in [-0.2, 0) is 14.3 Å². The molecule has 0 saturated heterocycles. The largest absolute Gasteiger partial charge is 0.480 e. The Bertz CT molecular complexity index is 1250. The number of rotatable bonds is 7. The van der Waals surface area contributed by atoms with Gasteiger partial charge in [0.15, 0.2) is 0 Å². The Kier molecular flexibility index (Phi) is 5.76. The summed E-state index contributed by atoms with van der Waals surface area (Å²) in [5.74, 6) is -1.87. The molecule has 2 aliphatic rings. The van der Waals surface area contributed by atoms with Gasteiger partial charge >= 0.3 is 12.1 Å². The molecule has 3 aromatic carbocycles. The van der Waals surface area contributed by atoms with Crippen molar-refractivity contribution in [3.8, 4) is 11.1 Å². The van der Waals surface area contributed by atoms with Crippen molar-refractivity contribution >= 4 is 23.7 Å². The Morgan fingerprint density at radius 2 is 1.51 bits per heavy atom. The topological polar surface area (TPSA) is 105 Å². The number of carboxylic acid groups (broad SMARTS) is 1. The molecule has 3 N–H and O–H groups in total. The van der Waals surface area contributed by atoms with Gasteiger partial charge in [0.05, 0.1) is 5.92 Å². The minimum absolute atomic E-state index is 0.0181. The molecule has 1 atom stereocenters. The molecule has 1 fully saturated rings. The number of hydrogen-bond acceptors (Lipinski definition) is 4. The number of benzene rings is 3. The first-order chi connectivity index (χ1) is 16.9. The molecular weight excluding hydrogens is 444 g/mol. The number of hydrogen-bond donors (Lipinski definition) is 3. The van der Waals surface area contributed by atoms with Crippen LogP contribution in [0, 0.1) is 0 Å². The van der Waals surface area contributed by atoms with Crippen LogP contribution in [0.5, 0.6) is 0 Å². The second-order valence-electron chi connectivity index (χ2n) is 9.17. The van der Waals surface area contributed by atoms with E-state index in [0.29, 0.717) is 18.5 Å². The summed E-state index contributed by atoms with van der Waals surface area (Å²) >= 11 is 0. The summed E-state index contributed by atoms with van der Waals surface area (Å²) in [6.07, 6.45) is 0.343. The lowest BCUT2D eigenvalue weighted by Crippen LogP contribution is -2.44. The van der Waals surface area contributed by atoms with Crippen molar-refractivity contribution < 1.29 is 24.2 Å². The lowest BCUT2D eigenvalue weighted by Gasteiger charge is -2.17. The van der Waals surface area contributed by atoms with Gasteiger partial charge in [-0.3, -0.25) is 10.1 Å². The predicted molar refractivity (Wildman–Crippen MR) is 131 cm³/mol. The maximum atomic E-state index is 12.5. The number of aliphatic carboxylic acids is 1. The molecule has 7 heteroatoms. The van der Waals surface area contributed by atoms with Crippen molar-refractivity contribution in [3.63, 3.8) is 0 Å². The zero-order chi connectivity index (χ0) is 24.6. The highest BCUT2D eigenvalue weighted by Crippen LogP contribution is 2.44. The average molecular weight is 471 g/mol. The van der Waals surface area contributed by atoms with Gasteiger partial charge in [-0.1, -0.05) is 60.7 Å². The van der Waals surface area contributed by atoms with Crippen LogP contribution in [0.25, 0.3) is 11.1 Å². The fraction of sp³-hybridized carbons (Fsp3) is 0.250. The fourth-order valence-corrected chi connectivity index (χ4v) is 4.62. The first-order valence-corrected chi connectivity index (χ1v) is 11.7. The van der Waals surface area contributed by atoms with Gasteiger partial charge in [-0.25, -0.2) is 9.59 Å². The van der Waals surface area contributed by atoms with Crippen molar-refractivity contribution in [2.75, 3.05) is 11.9 Å². The summed E-state index contributed by atoms with van der Waals surface area (Å²) in [7, 11) is 0. The number of carboxylic acids is 1. The van der Waals surface area contributed by atoms with E-state index in [9.17, 15) is 19.5 Å². The minimum atomic E-state index is -1.11. The second kappa shape index (κ2) is 8.91. The van der Waals surface area contributed by atoms with Gasteiger partial charge in [0, 0.05) is 11.6 Å². The summed E-state index contributed by atoms with van der Waals surface area (Å²) in [4.78, 5) is 36.3. The quantitative estimate of drug-likeness (QED) is 0.456. The molecule has 0 heterocycles. The van der Waals surface area contributed by atoms with Crippen molar-refractivity contribution in [1.82, 2.24) is 5.32 Å². The molecule has 178 valence electrons. The van der Waals surface area contributed by atoms with Crippen molar-refractivity contribution in [1.29, 1.82) is 0 Å². The number of nitrogens with one attached hydrogen (secondary N) is 2. The van der Waals surface area contributed by atoms with Crippen LogP contribution in [0.1, 0.15) is 48.3 Å². The molecular formula is C28H26N2O5. The van der Waals surface area contributed by atoms with Crippen LogP contribution in [0.15, 0.2) is 72.8 Å². The van der Waals surface area contributed by atoms with Crippen LogP contribution < -0.4 is 10.6 Å². The molecule has 1 unspecified atom stereocenters. The molecule has 0 bridgehead atoms. The molecule has 7 nitrogen and oxygen atoms in total. The van der Waals surface area contributed by atoms with Gasteiger partial charge in [0.25, 0.3) is 0 Å². The third kappa shape index (κ3) is 4.37. The number of carbonyl (C=O) groups is 3. The van der Waals surface area contributed by atoms with E-state index in [4.69, 9.17) is 4.74 Å². The number of ether oxygens (including phenoxy) is 1. The molecule has 2 amide bonds. The number of carbonyl (C=O) groups excluding carboxylic acids is 2. The highest BCUT2D eigenvalue weighted by atomic mass is 16.5. The second-order valence-corrected chi connectivity index (χ2v) is 9.17. The molecule has 2 aliphatic carbocycles. The summed E-state index contributed by atoms with van der Waals surface area (Å²) < 4.78 is 5.57. The maximum Gasteiger partial charge on any atom is 0.411 e. The summed E-state index contributed by atoms with van der Waals surface area (Å²) in [5.41, 5.74) is 4.79. The van der Waals surface area contributed by atoms with Gasteiger partial charge in [-0.2, -0.15) is 0 Å². The lowest BCUT2D eigenvalue weighted by atomic mass is 9.98. The van der Waals surface area contributed by atoms with Gasteiger partial charge in [-0.15, -0.1) is 0 Å². The molecule has 35 heavy (non-hydrogen) atoms. The highest BCUT2D eigenvalue weighted by Gasteiger charge is 2.52. The monoisotopic (exact) mass is 470 g/mol. The standard InChI is InChI=1S/C28H26N2O5/c1-17(25(31)30-28(14-15-28)26(32)33)18-10-12-19(13-11-18)29-27(34)35-16-24-22-8-4-2-6-20(22)21-7-3-5-9-23(21)24/h2-13,17,24H,14-16H2,1H3,(H,29,34)(H,30,31)(H,32,33). The van der Waals surface area contributed by atoms with E-state index in [1.54, 1.807) is 31.2 Å². The average Bonchev–Trinajstić information content (AvgIpc) is 3.58. The fourth-order valence-electron chi connectivity index (χ4n) is 4.62. The first kappa shape index (κ1) is 22.7. The maximum absolute atomic E-state index is 12.5. The molecule has 3 aromatic rings. The van der Waals surface area contributed by atoms with E-state index < -0.39 is 23.5 Å². The third-order valence-corrected chi connectivity index (χ3v) is 6.92.